The molecule has 0 spiro atoms. The van der Waals surface area contributed by atoms with Gasteiger partial charge in [0.25, 0.3) is 15.9 Å². The minimum atomic E-state index is -3.85. The molecule has 4 atom stereocenters. The average molecular weight is 673 g/mol. The standard InChI is InChI=1S/C33H44N4O7S2/c1-23-20-37(24(2)22-38)32(39)28-19-27(35-46(41,42)31-14-10-18-45-31)15-16-29(28)44-25(3)11-8-9-17-43-30(23)21-36(4)33(40)34-26-12-6-5-7-13-26/h5-7,10,12-16,18-19,23-25,30,35,38H,8-9,11,17,20-22H2,1-4H3,(H,34,40)/t23-,24-,25-,30+/m1/s1. The fraction of sp³-hybridized carbons (Fsp3) is 0.455. The number of sulfonamides is 1. The number of para-hydroxylation sites is 1. The summed E-state index contributed by atoms with van der Waals surface area (Å²) >= 11 is 1.09. The maximum Gasteiger partial charge on any atom is 0.321 e. The van der Waals surface area contributed by atoms with Crippen LogP contribution >= 0.6 is 11.3 Å². The molecule has 2 aromatic carbocycles. The zero-order chi connectivity index (χ0) is 33.3. The van der Waals surface area contributed by atoms with Gasteiger partial charge in [0, 0.05) is 44.0 Å². The molecule has 1 aliphatic heterocycles. The molecular formula is C33H44N4O7S2. The van der Waals surface area contributed by atoms with Crippen LogP contribution in [0.2, 0.25) is 0 Å². The van der Waals surface area contributed by atoms with E-state index in [0.29, 0.717) is 24.5 Å². The Balaban J connectivity index is 1.62. The van der Waals surface area contributed by atoms with Gasteiger partial charge >= 0.3 is 6.03 Å². The van der Waals surface area contributed by atoms with Gasteiger partial charge in [-0.3, -0.25) is 9.52 Å². The number of thiophene rings is 1. The number of nitrogens with zero attached hydrogens (tertiary/aromatic N) is 2. The first-order valence-electron chi connectivity index (χ1n) is 15.5. The van der Waals surface area contributed by atoms with E-state index in [-0.39, 0.29) is 53.2 Å². The molecule has 3 N–H and O–H groups in total. The zero-order valence-electron chi connectivity index (χ0n) is 26.7. The fourth-order valence-corrected chi connectivity index (χ4v) is 7.21. The van der Waals surface area contributed by atoms with Crippen LogP contribution in [0.4, 0.5) is 16.2 Å². The molecule has 1 aliphatic rings. The summed E-state index contributed by atoms with van der Waals surface area (Å²) in [5.41, 5.74) is 1.08. The summed E-state index contributed by atoms with van der Waals surface area (Å²) in [5.74, 6) is -0.322. The van der Waals surface area contributed by atoms with Crippen molar-refractivity contribution in [1.82, 2.24) is 9.80 Å². The van der Waals surface area contributed by atoms with Crippen LogP contribution in [-0.4, -0.2) is 86.9 Å². The lowest BCUT2D eigenvalue weighted by Crippen LogP contribution is -2.48. The number of aliphatic hydroxyl groups excluding tert-OH is 1. The Hall–Kier alpha value is -3.65. The predicted molar refractivity (Wildman–Crippen MR) is 180 cm³/mol. The minimum absolute atomic E-state index is 0.154. The van der Waals surface area contributed by atoms with Crippen molar-refractivity contribution >= 4 is 44.7 Å². The Morgan fingerprint density at radius 2 is 1.87 bits per heavy atom. The van der Waals surface area contributed by atoms with Crippen molar-refractivity contribution < 1.29 is 32.6 Å². The lowest BCUT2D eigenvalue weighted by atomic mass is 10.0. The minimum Gasteiger partial charge on any atom is -0.490 e. The summed E-state index contributed by atoms with van der Waals surface area (Å²) in [5, 5.41) is 14.7. The molecule has 0 radical (unpaired) electrons. The molecule has 11 nitrogen and oxygen atoms in total. The van der Waals surface area contributed by atoms with Crippen molar-refractivity contribution in [1.29, 1.82) is 0 Å². The van der Waals surface area contributed by atoms with Crippen molar-refractivity contribution in [3.05, 3.63) is 71.6 Å². The number of hydrogen-bond acceptors (Lipinski definition) is 8. The van der Waals surface area contributed by atoms with Crippen LogP contribution in [-0.2, 0) is 14.8 Å². The Bertz CT molecular complexity index is 1540. The fourth-order valence-electron chi connectivity index (χ4n) is 5.16. The van der Waals surface area contributed by atoms with Crippen molar-refractivity contribution in [3.8, 4) is 5.75 Å². The van der Waals surface area contributed by atoms with Crippen molar-refractivity contribution in [3.63, 3.8) is 0 Å². The summed E-state index contributed by atoms with van der Waals surface area (Å²) < 4.78 is 41.2. The van der Waals surface area contributed by atoms with Gasteiger partial charge < -0.3 is 29.7 Å². The lowest BCUT2D eigenvalue weighted by molar-refractivity contribution is -0.0115. The number of benzene rings is 2. The van der Waals surface area contributed by atoms with Gasteiger partial charge in [-0.05, 0) is 74.9 Å². The van der Waals surface area contributed by atoms with Gasteiger partial charge in [0.2, 0.25) is 0 Å². The van der Waals surface area contributed by atoms with Crippen LogP contribution in [0.1, 0.15) is 50.4 Å². The predicted octanol–water partition coefficient (Wildman–Crippen LogP) is 5.51. The largest absolute Gasteiger partial charge is 0.490 e. The molecule has 0 bridgehead atoms. The molecule has 46 heavy (non-hydrogen) atoms. The molecule has 2 heterocycles. The number of hydrogen-bond donors (Lipinski definition) is 3. The summed E-state index contributed by atoms with van der Waals surface area (Å²) in [7, 11) is -2.15. The molecule has 3 amide bonds. The van der Waals surface area contributed by atoms with E-state index in [2.05, 4.69) is 10.0 Å². The molecule has 250 valence electrons. The van der Waals surface area contributed by atoms with E-state index in [1.807, 2.05) is 44.2 Å². The van der Waals surface area contributed by atoms with Crippen LogP contribution in [0.5, 0.6) is 5.75 Å². The molecule has 0 unspecified atom stereocenters. The molecular weight excluding hydrogens is 629 g/mol. The number of fused-ring (bicyclic) bond motifs is 1. The summed E-state index contributed by atoms with van der Waals surface area (Å²) in [4.78, 5) is 30.4. The molecule has 0 saturated heterocycles. The van der Waals surface area contributed by atoms with Gasteiger partial charge in [-0.1, -0.05) is 31.2 Å². The topological polar surface area (TPSA) is 138 Å². The number of nitrogens with one attached hydrogen (secondary N) is 2. The Labute approximate surface area is 275 Å². The normalized spacial score (nSPS) is 20.5. The number of likely N-dealkylation sites (N-methyl/N-ethyl adjacent to an activating group) is 1. The first kappa shape index (κ1) is 35.2. The van der Waals surface area contributed by atoms with Gasteiger partial charge in [0.15, 0.2) is 0 Å². The van der Waals surface area contributed by atoms with Crippen LogP contribution in [0.3, 0.4) is 0 Å². The average Bonchev–Trinajstić information content (AvgIpc) is 3.59. The van der Waals surface area contributed by atoms with Gasteiger partial charge in [-0.25, -0.2) is 13.2 Å². The summed E-state index contributed by atoms with van der Waals surface area (Å²) in [6.45, 7) is 6.29. The van der Waals surface area contributed by atoms with E-state index in [4.69, 9.17) is 9.47 Å². The molecule has 13 heteroatoms. The van der Waals surface area contributed by atoms with Gasteiger partial charge in [0.05, 0.1) is 30.4 Å². The maximum absolute atomic E-state index is 14.3. The lowest BCUT2D eigenvalue weighted by Gasteiger charge is -2.35. The third-order valence-corrected chi connectivity index (χ3v) is 10.7. The van der Waals surface area contributed by atoms with E-state index in [1.54, 1.807) is 47.4 Å². The smallest absolute Gasteiger partial charge is 0.321 e. The summed E-state index contributed by atoms with van der Waals surface area (Å²) in [6.07, 6.45) is 1.67. The Morgan fingerprint density at radius 3 is 2.57 bits per heavy atom. The second kappa shape index (κ2) is 16.3. The highest BCUT2D eigenvalue weighted by Gasteiger charge is 2.31. The monoisotopic (exact) mass is 672 g/mol. The number of ether oxygens (including phenoxy) is 2. The van der Waals surface area contributed by atoms with E-state index >= 15 is 0 Å². The van der Waals surface area contributed by atoms with Crippen molar-refractivity contribution in [2.75, 3.05) is 43.4 Å². The SMILES string of the molecule is C[C@@H]1CCCCO[C@@H](CN(C)C(=O)Nc2ccccc2)[C@H](C)CN([C@H](C)CO)C(=O)c2cc(NS(=O)(=O)c3cccs3)ccc2O1. The third-order valence-electron chi connectivity index (χ3n) is 7.89. The molecule has 3 aromatic rings. The number of aliphatic hydroxyl groups is 1. The molecule has 1 aromatic heterocycles. The second-order valence-corrected chi connectivity index (χ2v) is 14.6. The Morgan fingerprint density at radius 1 is 1.11 bits per heavy atom. The maximum atomic E-state index is 14.3. The first-order chi connectivity index (χ1) is 22.0. The quantitative estimate of drug-likeness (QED) is 0.287. The molecule has 4 rings (SSSR count). The highest BCUT2D eigenvalue weighted by Crippen LogP contribution is 2.30. The van der Waals surface area contributed by atoms with Crippen LogP contribution in [0.15, 0.2) is 70.3 Å². The van der Waals surface area contributed by atoms with Gasteiger partial charge in [0.1, 0.15) is 9.96 Å². The Kier molecular flexibility index (Phi) is 12.4. The first-order valence-corrected chi connectivity index (χ1v) is 17.8. The van der Waals surface area contributed by atoms with E-state index in [0.717, 1.165) is 24.2 Å². The van der Waals surface area contributed by atoms with Gasteiger partial charge in [-0.15, -0.1) is 11.3 Å². The zero-order valence-corrected chi connectivity index (χ0v) is 28.4. The van der Waals surface area contributed by atoms with Crippen LogP contribution < -0.4 is 14.8 Å². The van der Waals surface area contributed by atoms with E-state index in [1.165, 1.54) is 12.1 Å². The molecule has 0 aliphatic carbocycles. The number of urea groups is 1. The van der Waals surface area contributed by atoms with Gasteiger partial charge in [-0.2, -0.15) is 0 Å². The second-order valence-electron chi connectivity index (χ2n) is 11.7. The molecule has 0 saturated carbocycles. The summed E-state index contributed by atoms with van der Waals surface area (Å²) in [6, 6.07) is 16.2. The number of amides is 3. The van der Waals surface area contributed by atoms with Crippen LogP contribution in [0.25, 0.3) is 0 Å². The van der Waals surface area contributed by atoms with Crippen molar-refractivity contribution in [2.24, 2.45) is 5.92 Å². The van der Waals surface area contributed by atoms with Crippen LogP contribution in [0, 0.1) is 5.92 Å². The number of anilines is 2. The highest BCUT2D eigenvalue weighted by atomic mass is 32.2. The van der Waals surface area contributed by atoms with Crippen molar-refractivity contribution in [2.45, 2.75) is 62.5 Å². The van der Waals surface area contributed by atoms with E-state index < -0.39 is 28.1 Å². The number of rotatable bonds is 8. The molecule has 0 fully saturated rings. The van der Waals surface area contributed by atoms with E-state index in [9.17, 15) is 23.1 Å². The number of carbonyl (C=O) groups excluding carboxylic acids is 2. The number of carbonyl (C=O) groups is 2. The third kappa shape index (κ3) is 9.44. The highest BCUT2D eigenvalue weighted by molar-refractivity contribution is 7.94.